The molecule has 4 heteroatoms. The van der Waals surface area contributed by atoms with Crippen molar-refractivity contribution in [3.05, 3.63) is 28.8 Å². The van der Waals surface area contributed by atoms with Crippen molar-refractivity contribution in [2.75, 3.05) is 24.6 Å². The molecule has 0 radical (unpaired) electrons. The van der Waals surface area contributed by atoms with Crippen molar-refractivity contribution >= 4 is 17.3 Å². The van der Waals surface area contributed by atoms with Gasteiger partial charge in [0.1, 0.15) is 0 Å². The molecule has 2 unspecified atom stereocenters. The van der Waals surface area contributed by atoms with Crippen molar-refractivity contribution in [3.8, 4) is 0 Å². The monoisotopic (exact) mass is 296 g/mol. The maximum atomic E-state index is 6.18. The summed E-state index contributed by atoms with van der Waals surface area (Å²) in [7, 11) is 0. The number of hydrogen-bond acceptors (Lipinski definition) is 3. The van der Waals surface area contributed by atoms with Crippen molar-refractivity contribution in [1.29, 1.82) is 0 Å². The molecule has 20 heavy (non-hydrogen) atoms. The Kier molecular flexibility index (Phi) is 5.70. The van der Waals surface area contributed by atoms with Crippen LogP contribution in [0, 0.1) is 0 Å². The summed E-state index contributed by atoms with van der Waals surface area (Å²) >= 11 is 6.18. The number of halogens is 1. The first-order chi connectivity index (χ1) is 9.60. The number of hydrogen-bond donors (Lipinski definition) is 1. The number of nitrogens with two attached hydrogens (primary N) is 1. The average Bonchev–Trinajstić information content (AvgIpc) is 2.90. The smallest absolute Gasteiger partial charge is 0.0750 e. The number of likely N-dealkylation sites (N-methyl/N-ethyl adjacent to an activating group) is 1. The van der Waals surface area contributed by atoms with Crippen LogP contribution in [0.1, 0.15) is 32.3 Å². The summed E-state index contributed by atoms with van der Waals surface area (Å²) in [6.45, 7) is 6.99. The SMILES string of the molecule is CCN(CC1CCCO1)c1cc(Cl)ccc1CC(C)N. The number of nitrogens with zero attached hydrogens (tertiary/aromatic N) is 1. The second kappa shape index (κ2) is 7.30. The van der Waals surface area contributed by atoms with Crippen LogP contribution >= 0.6 is 11.6 Å². The van der Waals surface area contributed by atoms with Gasteiger partial charge in [0.25, 0.3) is 0 Å². The molecule has 0 bridgehead atoms. The molecule has 2 rings (SSSR count). The normalized spacial score (nSPS) is 20.1. The first-order valence-electron chi connectivity index (χ1n) is 7.50. The lowest BCUT2D eigenvalue weighted by Gasteiger charge is -2.29. The lowest BCUT2D eigenvalue weighted by atomic mass is 10.0. The Balaban J connectivity index is 2.19. The van der Waals surface area contributed by atoms with Crippen LogP contribution in [-0.2, 0) is 11.2 Å². The van der Waals surface area contributed by atoms with Gasteiger partial charge in [-0.1, -0.05) is 17.7 Å². The molecule has 1 heterocycles. The van der Waals surface area contributed by atoms with Crippen LogP contribution in [0.15, 0.2) is 18.2 Å². The average molecular weight is 297 g/mol. The zero-order valence-electron chi connectivity index (χ0n) is 12.4. The summed E-state index contributed by atoms with van der Waals surface area (Å²) in [5.41, 5.74) is 8.43. The topological polar surface area (TPSA) is 38.5 Å². The van der Waals surface area contributed by atoms with Gasteiger partial charge in [0.15, 0.2) is 0 Å². The minimum Gasteiger partial charge on any atom is -0.376 e. The molecular weight excluding hydrogens is 272 g/mol. The molecule has 1 fully saturated rings. The van der Waals surface area contributed by atoms with Crippen LogP contribution in [0.25, 0.3) is 0 Å². The predicted octanol–water partition coefficient (Wildman–Crippen LogP) is 3.24. The fraction of sp³-hybridized carbons (Fsp3) is 0.625. The van der Waals surface area contributed by atoms with Crippen LogP contribution in [0.3, 0.4) is 0 Å². The van der Waals surface area contributed by atoms with E-state index in [1.807, 2.05) is 13.0 Å². The highest BCUT2D eigenvalue weighted by atomic mass is 35.5. The lowest BCUT2D eigenvalue weighted by molar-refractivity contribution is 0.115. The van der Waals surface area contributed by atoms with Gasteiger partial charge in [-0.25, -0.2) is 0 Å². The van der Waals surface area contributed by atoms with Crippen LogP contribution < -0.4 is 10.6 Å². The maximum Gasteiger partial charge on any atom is 0.0750 e. The summed E-state index contributed by atoms with van der Waals surface area (Å²) < 4.78 is 5.76. The molecule has 1 aromatic carbocycles. The van der Waals surface area contributed by atoms with Gasteiger partial charge < -0.3 is 15.4 Å². The number of benzene rings is 1. The van der Waals surface area contributed by atoms with Crippen molar-refractivity contribution < 1.29 is 4.74 Å². The van der Waals surface area contributed by atoms with Gasteiger partial charge in [-0.05, 0) is 50.8 Å². The Bertz CT molecular complexity index is 430. The molecule has 1 saturated heterocycles. The van der Waals surface area contributed by atoms with Crippen LogP contribution in [-0.4, -0.2) is 31.8 Å². The Morgan fingerprint density at radius 2 is 2.30 bits per heavy atom. The van der Waals surface area contributed by atoms with Gasteiger partial charge in [-0.2, -0.15) is 0 Å². The van der Waals surface area contributed by atoms with Gasteiger partial charge in [0.05, 0.1) is 6.10 Å². The molecule has 1 aliphatic rings. The van der Waals surface area contributed by atoms with E-state index in [1.54, 1.807) is 0 Å². The van der Waals surface area contributed by atoms with Gasteiger partial charge in [0, 0.05) is 36.4 Å². The van der Waals surface area contributed by atoms with E-state index in [4.69, 9.17) is 22.1 Å². The molecule has 112 valence electrons. The Labute approximate surface area is 127 Å². The van der Waals surface area contributed by atoms with E-state index in [0.717, 1.165) is 37.6 Å². The van der Waals surface area contributed by atoms with Gasteiger partial charge in [0.2, 0.25) is 0 Å². The van der Waals surface area contributed by atoms with Crippen molar-refractivity contribution in [3.63, 3.8) is 0 Å². The zero-order valence-corrected chi connectivity index (χ0v) is 13.2. The van der Waals surface area contributed by atoms with E-state index in [9.17, 15) is 0 Å². The number of rotatable bonds is 6. The summed E-state index contributed by atoms with van der Waals surface area (Å²) in [4.78, 5) is 2.36. The Morgan fingerprint density at radius 3 is 2.90 bits per heavy atom. The minimum atomic E-state index is 0.149. The molecule has 0 aliphatic carbocycles. The fourth-order valence-electron chi connectivity index (χ4n) is 2.78. The molecule has 2 N–H and O–H groups in total. The zero-order chi connectivity index (χ0) is 14.5. The largest absolute Gasteiger partial charge is 0.376 e. The van der Waals surface area contributed by atoms with E-state index in [-0.39, 0.29) is 6.04 Å². The third kappa shape index (κ3) is 4.11. The second-order valence-corrected chi connectivity index (χ2v) is 6.06. The van der Waals surface area contributed by atoms with Gasteiger partial charge in [-0.3, -0.25) is 0 Å². The summed E-state index contributed by atoms with van der Waals surface area (Å²) in [5.74, 6) is 0. The molecule has 0 amide bonds. The molecule has 3 nitrogen and oxygen atoms in total. The van der Waals surface area contributed by atoms with Crippen molar-refractivity contribution in [1.82, 2.24) is 0 Å². The van der Waals surface area contributed by atoms with E-state index in [2.05, 4.69) is 24.0 Å². The molecule has 2 atom stereocenters. The second-order valence-electron chi connectivity index (χ2n) is 5.63. The van der Waals surface area contributed by atoms with E-state index in [1.165, 1.54) is 17.7 Å². The van der Waals surface area contributed by atoms with Crippen molar-refractivity contribution in [2.24, 2.45) is 5.73 Å². The van der Waals surface area contributed by atoms with Gasteiger partial charge >= 0.3 is 0 Å². The highest BCUT2D eigenvalue weighted by Crippen LogP contribution is 2.27. The molecule has 1 aliphatic heterocycles. The molecule has 0 spiro atoms. The predicted molar refractivity (Wildman–Crippen MR) is 85.7 cm³/mol. The first kappa shape index (κ1) is 15.6. The highest BCUT2D eigenvalue weighted by molar-refractivity contribution is 6.30. The van der Waals surface area contributed by atoms with E-state index in [0.29, 0.717) is 6.10 Å². The van der Waals surface area contributed by atoms with Crippen molar-refractivity contribution in [2.45, 2.75) is 45.3 Å². The molecule has 0 aromatic heterocycles. The number of anilines is 1. The standard InChI is InChI=1S/C16H25ClN2O/c1-3-19(11-15-5-4-8-20-15)16-10-14(17)7-6-13(16)9-12(2)18/h6-7,10,12,15H,3-5,8-9,11,18H2,1-2H3. The fourth-order valence-corrected chi connectivity index (χ4v) is 2.95. The van der Waals surface area contributed by atoms with Gasteiger partial charge in [-0.15, -0.1) is 0 Å². The number of ether oxygens (including phenoxy) is 1. The Hall–Kier alpha value is -0.770. The van der Waals surface area contributed by atoms with Crippen LogP contribution in [0.2, 0.25) is 5.02 Å². The lowest BCUT2D eigenvalue weighted by Crippen LogP contribution is -2.33. The minimum absolute atomic E-state index is 0.149. The Morgan fingerprint density at radius 1 is 1.50 bits per heavy atom. The molecule has 0 saturated carbocycles. The van der Waals surface area contributed by atoms with E-state index < -0.39 is 0 Å². The quantitative estimate of drug-likeness (QED) is 0.876. The summed E-state index contributed by atoms with van der Waals surface area (Å²) in [6, 6.07) is 6.25. The van der Waals surface area contributed by atoms with E-state index >= 15 is 0 Å². The summed E-state index contributed by atoms with van der Waals surface area (Å²) in [5, 5.41) is 0.777. The third-order valence-electron chi connectivity index (χ3n) is 3.76. The first-order valence-corrected chi connectivity index (χ1v) is 7.88. The maximum absolute atomic E-state index is 6.18. The highest BCUT2D eigenvalue weighted by Gasteiger charge is 2.20. The summed E-state index contributed by atoms with van der Waals surface area (Å²) in [6.07, 6.45) is 3.54. The van der Waals surface area contributed by atoms with Crippen LogP contribution in [0.4, 0.5) is 5.69 Å². The molecular formula is C16H25ClN2O. The molecule has 1 aromatic rings. The third-order valence-corrected chi connectivity index (χ3v) is 3.99. The van der Waals surface area contributed by atoms with Crippen LogP contribution in [0.5, 0.6) is 0 Å².